The molecule has 0 fully saturated rings. The van der Waals surface area contributed by atoms with Crippen molar-refractivity contribution in [3.05, 3.63) is 11.5 Å². The molecule has 0 amide bonds. The zero-order valence-electron chi connectivity index (χ0n) is 8.93. The quantitative estimate of drug-likeness (QED) is 0.583. The van der Waals surface area contributed by atoms with Crippen molar-refractivity contribution in [2.45, 2.75) is 19.4 Å². The van der Waals surface area contributed by atoms with Crippen LogP contribution in [0.2, 0.25) is 5.15 Å². The van der Waals surface area contributed by atoms with Gasteiger partial charge in [-0.25, -0.2) is 14.6 Å². The molecule has 2 aromatic heterocycles. The molecule has 2 aromatic rings. The second kappa shape index (κ2) is 5.18. The number of ether oxygens (including phenoxy) is 1. The van der Waals surface area contributed by atoms with E-state index in [9.17, 15) is 0 Å². The lowest BCUT2D eigenvalue weighted by molar-refractivity contribution is 0.191. The van der Waals surface area contributed by atoms with Gasteiger partial charge in [0.15, 0.2) is 16.3 Å². The molecule has 0 radical (unpaired) electrons. The van der Waals surface area contributed by atoms with Crippen molar-refractivity contribution in [3.8, 4) is 0 Å². The van der Waals surface area contributed by atoms with Crippen LogP contribution in [0.15, 0.2) is 6.33 Å². The molecule has 0 saturated carbocycles. The van der Waals surface area contributed by atoms with Crippen LogP contribution in [-0.4, -0.2) is 38.7 Å². The number of hydrogen-bond donors (Lipinski definition) is 0. The number of methoxy groups -OCH3 is 1. The van der Waals surface area contributed by atoms with E-state index < -0.39 is 0 Å². The third-order valence-corrected chi connectivity index (χ3v) is 2.50. The molecular weight excluding hydrogens is 230 g/mol. The molecular formula is C9H12ClN5O. The summed E-state index contributed by atoms with van der Waals surface area (Å²) in [6.07, 6.45) is 3.37. The number of nitrogens with zero attached hydrogens (tertiary/aromatic N) is 5. The normalized spacial score (nSPS) is 11.1. The summed E-state index contributed by atoms with van der Waals surface area (Å²) in [5.74, 6) is 0. The molecule has 6 nitrogen and oxygen atoms in total. The Morgan fingerprint density at radius 2 is 2.25 bits per heavy atom. The van der Waals surface area contributed by atoms with Gasteiger partial charge in [-0.3, -0.25) is 0 Å². The zero-order chi connectivity index (χ0) is 11.4. The monoisotopic (exact) mass is 241 g/mol. The maximum Gasteiger partial charge on any atom is 0.183 e. The molecule has 16 heavy (non-hydrogen) atoms. The van der Waals surface area contributed by atoms with Crippen LogP contribution in [0.5, 0.6) is 0 Å². The minimum Gasteiger partial charge on any atom is -0.385 e. The van der Waals surface area contributed by atoms with Gasteiger partial charge in [0.25, 0.3) is 0 Å². The first-order valence-corrected chi connectivity index (χ1v) is 5.39. The van der Waals surface area contributed by atoms with Crippen LogP contribution in [-0.2, 0) is 11.3 Å². The fourth-order valence-corrected chi connectivity index (χ4v) is 1.59. The molecule has 0 aliphatic heterocycles. The van der Waals surface area contributed by atoms with Crippen LogP contribution >= 0.6 is 11.6 Å². The summed E-state index contributed by atoms with van der Waals surface area (Å²) in [6, 6.07) is 0. The van der Waals surface area contributed by atoms with Crippen molar-refractivity contribution in [1.82, 2.24) is 25.0 Å². The number of unbranched alkanes of at least 4 members (excludes halogenated alkanes) is 1. The van der Waals surface area contributed by atoms with Crippen LogP contribution in [0.1, 0.15) is 12.8 Å². The molecule has 0 aliphatic carbocycles. The second-order valence-corrected chi connectivity index (χ2v) is 3.71. The summed E-state index contributed by atoms with van der Waals surface area (Å²) < 4.78 is 6.71. The molecule has 0 atom stereocenters. The van der Waals surface area contributed by atoms with E-state index in [1.54, 1.807) is 11.8 Å². The van der Waals surface area contributed by atoms with Crippen molar-refractivity contribution in [2.75, 3.05) is 13.7 Å². The van der Waals surface area contributed by atoms with E-state index in [-0.39, 0.29) is 0 Å². The van der Waals surface area contributed by atoms with Crippen LogP contribution in [0, 0.1) is 0 Å². The molecule has 2 rings (SSSR count). The Morgan fingerprint density at radius 1 is 1.38 bits per heavy atom. The number of rotatable bonds is 5. The van der Waals surface area contributed by atoms with Crippen molar-refractivity contribution >= 4 is 22.8 Å². The highest BCUT2D eigenvalue weighted by Gasteiger charge is 2.09. The molecule has 0 aliphatic rings. The lowest BCUT2D eigenvalue weighted by atomic mass is 10.3. The highest BCUT2D eigenvalue weighted by atomic mass is 35.5. The van der Waals surface area contributed by atoms with Gasteiger partial charge in [-0.2, -0.15) is 0 Å². The Hall–Kier alpha value is -1.27. The Morgan fingerprint density at radius 3 is 3.06 bits per heavy atom. The lowest BCUT2D eigenvalue weighted by Gasteiger charge is -2.00. The predicted octanol–water partition coefficient (Wildman–Crippen LogP) is 1.30. The summed E-state index contributed by atoms with van der Waals surface area (Å²) >= 11 is 5.87. The minimum absolute atomic E-state index is 0.341. The molecule has 0 unspecified atom stereocenters. The third kappa shape index (κ3) is 2.28. The van der Waals surface area contributed by atoms with Gasteiger partial charge in [-0.15, -0.1) is 5.10 Å². The zero-order valence-corrected chi connectivity index (χ0v) is 9.68. The summed E-state index contributed by atoms with van der Waals surface area (Å²) in [7, 11) is 1.69. The fraction of sp³-hybridized carbons (Fsp3) is 0.556. The van der Waals surface area contributed by atoms with Crippen molar-refractivity contribution in [3.63, 3.8) is 0 Å². The maximum atomic E-state index is 5.87. The lowest BCUT2D eigenvalue weighted by Crippen LogP contribution is -2.02. The fourth-order valence-electron chi connectivity index (χ4n) is 1.42. The second-order valence-electron chi connectivity index (χ2n) is 3.35. The molecule has 86 valence electrons. The van der Waals surface area contributed by atoms with E-state index in [0.29, 0.717) is 16.3 Å². The van der Waals surface area contributed by atoms with Gasteiger partial charge in [0.05, 0.1) is 0 Å². The molecule has 0 bridgehead atoms. The maximum absolute atomic E-state index is 5.87. The molecule has 0 saturated heterocycles. The van der Waals surface area contributed by atoms with Gasteiger partial charge in [0.1, 0.15) is 6.33 Å². The van der Waals surface area contributed by atoms with Crippen LogP contribution in [0.25, 0.3) is 11.2 Å². The summed E-state index contributed by atoms with van der Waals surface area (Å²) in [5.41, 5.74) is 1.23. The highest BCUT2D eigenvalue weighted by molar-refractivity contribution is 6.33. The van der Waals surface area contributed by atoms with E-state index in [1.807, 2.05) is 0 Å². The highest BCUT2D eigenvalue weighted by Crippen LogP contribution is 2.15. The smallest absolute Gasteiger partial charge is 0.183 e. The average Bonchev–Trinajstić information content (AvgIpc) is 2.70. The number of aryl methyl sites for hydroxylation is 1. The molecule has 2 heterocycles. The number of halogens is 1. The van der Waals surface area contributed by atoms with Crippen molar-refractivity contribution < 1.29 is 4.74 Å². The topological polar surface area (TPSA) is 65.7 Å². The van der Waals surface area contributed by atoms with E-state index in [2.05, 4.69) is 20.3 Å². The standard InChI is InChI=1S/C9H12ClN5O/c1-16-5-3-2-4-15-9-7(13-14-15)8(10)11-6-12-9/h6H,2-5H2,1H3. The first-order valence-electron chi connectivity index (χ1n) is 5.01. The van der Waals surface area contributed by atoms with Crippen molar-refractivity contribution in [1.29, 1.82) is 0 Å². The van der Waals surface area contributed by atoms with E-state index in [0.717, 1.165) is 26.0 Å². The van der Waals surface area contributed by atoms with Crippen molar-refractivity contribution in [2.24, 2.45) is 0 Å². The molecule has 0 N–H and O–H groups in total. The van der Waals surface area contributed by atoms with E-state index in [4.69, 9.17) is 16.3 Å². The summed E-state index contributed by atoms with van der Waals surface area (Å²) in [4.78, 5) is 7.96. The van der Waals surface area contributed by atoms with Gasteiger partial charge >= 0.3 is 0 Å². The number of hydrogen-bond acceptors (Lipinski definition) is 5. The van der Waals surface area contributed by atoms with Gasteiger partial charge in [-0.1, -0.05) is 16.8 Å². The van der Waals surface area contributed by atoms with Crippen LogP contribution < -0.4 is 0 Å². The first kappa shape index (κ1) is 11.2. The van der Waals surface area contributed by atoms with Crippen LogP contribution in [0.3, 0.4) is 0 Å². The Labute approximate surface area is 97.6 Å². The SMILES string of the molecule is COCCCCn1nnc2c(Cl)ncnc21. The van der Waals surface area contributed by atoms with Gasteiger partial charge in [0, 0.05) is 20.3 Å². The Balaban J connectivity index is 2.10. The first-order chi connectivity index (χ1) is 7.83. The predicted molar refractivity (Wildman–Crippen MR) is 59.2 cm³/mol. The van der Waals surface area contributed by atoms with Gasteiger partial charge in [-0.05, 0) is 12.8 Å². The van der Waals surface area contributed by atoms with E-state index in [1.165, 1.54) is 6.33 Å². The van der Waals surface area contributed by atoms with Gasteiger partial charge in [0.2, 0.25) is 0 Å². The number of aromatic nitrogens is 5. The minimum atomic E-state index is 0.341. The summed E-state index contributed by atoms with van der Waals surface area (Å²) in [6.45, 7) is 1.51. The molecule has 7 heteroatoms. The Kier molecular flexibility index (Phi) is 3.63. The Bertz CT molecular complexity index is 472. The summed E-state index contributed by atoms with van der Waals surface area (Å²) in [5, 5.41) is 8.28. The largest absolute Gasteiger partial charge is 0.385 e. The van der Waals surface area contributed by atoms with Crippen LogP contribution in [0.4, 0.5) is 0 Å². The molecule has 0 spiro atoms. The third-order valence-electron chi connectivity index (χ3n) is 2.22. The number of fused-ring (bicyclic) bond motifs is 1. The molecule has 0 aromatic carbocycles. The average molecular weight is 242 g/mol. The van der Waals surface area contributed by atoms with Gasteiger partial charge < -0.3 is 4.74 Å². The van der Waals surface area contributed by atoms with E-state index >= 15 is 0 Å².